The van der Waals surface area contributed by atoms with E-state index in [0.717, 1.165) is 18.7 Å². The lowest BCUT2D eigenvalue weighted by Crippen LogP contribution is -2.27. The summed E-state index contributed by atoms with van der Waals surface area (Å²) in [5, 5.41) is 0. The molecule has 3 heteroatoms. The average molecular weight is 235 g/mol. The van der Waals surface area contributed by atoms with Crippen LogP contribution in [0.15, 0.2) is 12.4 Å². The third kappa shape index (κ3) is 1.90. The lowest BCUT2D eigenvalue weighted by Gasteiger charge is -2.13. The van der Waals surface area contributed by atoms with E-state index in [1.54, 1.807) is 0 Å². The van der Waals surface area contributed by atoms with Crippen molar-refractivity contribution in [1.29, 1.82) is 0 Å². The Balaban J connectivity index is 1.92. The molecule has 1 aliphatic carbocycles. The molecule has 0 aliphatic heterocycles. The second-order valence-electron chi connectivity index (χ2n) is 6.58. The number of nitrogens with zero attached hydrogens (tertiary/aromatic N) is 2. The molecule has 1 aromatic heterocycles. The van der Waals surface area contributed by atoms with E-state index in [1.807, 2.05) is 19.4 Å². The average Bonchev–Trinajstić information content (AvgIpc) is 2.53. The Morgan fingerprint density at radius 1 is 1.35 bits per heavy atom. The molecule has 0 saturated heterocycles. The molecule has 0 spiro atoms. The molecule has 17 heavy (non-hydrogen) atoms. The summed E-state index contributed by atoms with van der Waals surface area (Å²) in [5.74, 6) is 1.77. The standard InChI is InChI=1S/C14H25N3/c1-13(2)12(14(13,3)4)10(15)6-7-11-16-8-9-17(11)5/h8-10,12H,6-7,15H2,1-5H3. The third-order valence-corrected chi connectivity index (χ3v) is 5.18. The van der Waals surface area contributed by atoms with Gasteiger partial charge in [0.2, 0.25) is 0 Å². The highest BCUT2D eigenvalue weighted by molar-refractivity contribution is 5.15. The van der Waals surface area contributed by atoms with Crippen molar-refractivity contribution in [2.45, 2.75) is 46.6 Å². The van der Waals surface area contributed by atoms with Gasteiger partial charge in [0.15, 0.2) is 0 Å². The molecule has 1 aliphatic rings. The Morgan fingerprint density at radius 3 is 2.35 bits per heavy atom. The predicted octanol–water partition coefficient (Wildman–Crippen LogP) is 2.36. The highest BCUT2D eigenvalue weighted by atomic mass is 15.0. The van der Waals surface area contributed by atoms with Gasteiger partial charge in [0.05, 0.1) is 0 Å². The van der Waals surface area contributed by atoms with Crippen LogP contribution in [0.1, 0.15) is 39.9 Å². The maximum Gasteiger partial charge on any atom is 0.108 e. The predicted molar refractivity (Wildman–Crippen MR) is 70.6 cm³/mol. The van der Waals surface area contributed by atoms with Crippen LogP contribution in [0.5, 0.6) is 0 Å². The number of aryl methyl sites for hydroxylation is 2. The molecule has 2 N–H and O–H groups in total. The molecular formula is C14H25N3. The normalized spacial score (nSPS) is 23.6. The molecule has 1 unspecified atom stereocenters. The topological polar surface area (TPSA) is 43.8 Å². The molecule has 1 heterocycles. The highest BCUT2D eigenvalue weighted by Gasteiger charge is 2.66. The minimum Gasteiger partial charge on any atom is -0.338 e. The smallest absolute Gasteiger partial charge is 0.108 e. The quantitative estimate of drug-likeness (QED) is 0.870. The van der Waals surface area contributed by atoms with E-state index in [2.05, 4.69) is 37.2 Å². The van der Waals surface area contributed by atoms with Gasteiger partial charge in [0.1, 0.15) is 5.82 Å². The number of hydrogen-bond donors (Lipinski definition) is 1. The molecule has 96 valence electrons. The van der Waals surface area contributed by atoms with Crippen LogP contribution in [-0.4, -0.2) is 15.6 Å². The maximum atomic E-state index is 6.36. The SMILES string of the molecule is Cn1ccnc1CCC(N)C1C(C)(C)C1(C)C. The summed E-state index contributed by atoms with van der Waals surface area (Å²) >= 11 is 0. The summed E-state index contributed by atoms with van der Waals surface area (Å²) < 4.78 is 2.08. The zero-order chi connectivity index (χ0) is 12.8. The van der Waals surface area contributed by atoms with E-state index in [4.69, 9.17) is 5.73 Å². The van der Waals surface area contributed by atoms with Crippen molar-refractivity contribution in [3.63, 3.8) is 0 Å². The summed E-state index contributed by atoms with van der Waals surface area (Å²) in [6.07, 6.45) is 5.85. The van der Waals surface area contributed by atoms with Crippen molar-refractivity contribution < 1.29 is 0 Å². The van der Waals surface area contributed by atoms with Crippen molar-refractivity contribution in [3.05, 3.63) is 18.2 Å². The largest absolute Gasteiger partial charge is 0.338 e. The first-order chi connectivity index (χ1) is 7.78. The lowest BCUT2D eigenvalue weighted by molar-refractivity contribution is 0.452. The Kier molecular flexibility index (Phi) is 2.85. The monoisotopic (exact) mass is 235 g/mol. The van der Waals surface area contributed by atoms with Gasteiger partial charge in [-0.15, -0.1) is 0 Å². The van der Waals surface area contributed by atoms with Crippen LogP contribution in [0.2, 0.25) is 0 Å². The fourth-order valence-electron chi connectivity index (χ4n) is 3.42. The number of hydrogen-bond acceptors (Lipinski definition) is 2. The van der Waals surface area contributed by atoms with Gasteiger partial charge in [-0.1, -0.05) is 27.7 Å². The van der Waals surface area contributed by atoms with Crippen LogP contribution in [0.4, 0.5) is 0 Å². The lowest BCUT2D eigenvalue weighted by atomic mass is 10.0. The summed E-state index contributed by atoms with van der Waals surface area (Å²) in [6.45, 7) is 9.33. The van der Waals surface area contributed by atoms with Gasteiger partial charge < -0.3 is 10.3 Å². The van der Waals surface area contributed by atoms with Gasteiger partial charge in [0, 0.05) is 31.9 Å². The van der Waals surface area contributed by atoms with E-state index in [0.29, 0.717) is 16.7 Å². The zero-order valence-corrected chi connectivity index (χ0v) is 11.7. The molecular weight excluding hydrogens is 210 g/mol. The molecule has 1 atom stereocenters. The van der Waals surface area contributed by atoms with E-state index >= 15 is 0 Å². The molecule has 1 aromatic rings. The van der Waals surface area contributed by atoms with Crippen molar-refractivity contribution in [3.8, 4) is 0 Å². The van der Waals surface area contributed by atoms with Gasteiger partial charge in [0.25, 0.3) is 0 Å². The first-order valence-corrected chi connectivity index (χ1v) is 6.50. The zero-order valence-electron chi connectivity index (χ0n) is 11.7. The van der Waals surface area contributed by atoms with Crippen LogP contribution in [0.25, 0.3) is 0 Å². The van der Waals surface area contributed by atoms with E-state index in [-0.39, 0.29) is 6.04 Å². The molecule has 0 amide bonds. The summed E-state index contributed by atoms with van der Waals surface area (Å²) in [7, 11) is 2.04. The summed E-state index contributed by atoms with van der Waals surface area (Å²) in [6, 6.07) is 0.289. The number of imidazole rings is 1. The second-order valence-corrected chi connectivity index (χ2v) is 6.58. The van der Waals surface area contributed by atoms with Gasteiger partial charge >= 0.3 is 0 Å². The van der Waals surface area contributed by atoms with Crippen LogP contribution < -0.4 is 5.73 Å². The van der Waals surface area contributed by atoms with Gasteiger partial charge in [-0.25, -0.2) is 4.98 Å². The van der Waals surface area contributed by atoms with Crippen LogP contribution in [0, 0.1) is 16.7 Å². The summed E-state index contributed by atoms with van der Waals surface area (Å²) in [5.41, 5.74) is 7.13. The highest BCUT2D eigenvalue weighted by Crippen LogP contribution is 2.69. The van der Waals surface area contributed by atoms with Gasteiger partial charge in [-0.2, -0.15) is 0 Å². The van der Waals surface area contributed by atoms with Gasteiger partial charge in [-0.05, 0) is 23.2 Å². The first-order valence-electron chi connectivity index (χ1n) is 6.50. The first kappa shape index (κ1) is 12.6. The second kappa shape index (κ2) is 3.84. The Hall–Kier alpha value is -0.830. The molecule has 3 nitrogen and oxygen atoms in total. The maximum absolute atomic E-state index is 6.36. The van der Waals surface area contributed by atoms with Crippen molar-refractivity contribution in [2.24, 2.45) is 29.5 Å². The Labute approximate surface area is 104 Å². The minimum absolute atomic E-state index is 0.289. The fraction of sp³-hybridized carbons (Fsp3) is 0.786. The number of aromatic nitrogens is 2. The van der Waals surface area contributed by atoms with Crippen molar-refractivity contribution in [2.75, 3.05) is 0 Å². The molecule has 2 rings (SSSR count). The van der Waals surface area contributed by atoms with Crippen molar-refractivity contribution in [1.82, 2.24) is 9.55 Å². The Morgan fingerprint density at radius 2 is 1.94 bits per heavy atom. The summed E-state index contributed by atoms with van der Waals surface area (Å²) in [4.78, 5) is 4.35. The number of nitrogens with two attached hydrogens (primary N) is 1. The molecule has 0 radical (unpaired) electrons. The molecule has 0 bridgehead atoms. The van der Waals surface area contributed by atoms with Crippen LogP contribution in [0.3, 0.4) is 0 Å². The number of rotatable bonds is 4. The van der Waals surface area contributed by atoms with E-state index < -0.39 is 0 Å². The third-order valence-electron chi connectivity index (χ3n) is 5.18. The van der Waals surface area contributed by atoms with Crippen LogP contribution in [-0.2, 0) is 13.5 Å². The molecule has 0 aromatic carbocycles. The van der Waals surface area contributed by atoms with Crippen LogP contribution >= 0.6 is 0 Å². The Bertz CT molecular complexity index is 389. The van der Waals surface area contributed by atoms with E-state index in [9.17, 15) is 0 Å². The minimum atomic E-state index is 0.289. The fourth-order valence-corrected chi connectivity index (χ4v) is 3.42. The van der Waals surface area contributed by atoms with Gasteiger partial charge in [-0.3, -0.25) is 0 Å². The molecule has 1 fully saturated rings. The van der Waals surface area contributed by atoms with Crippen molar-refractivity contribution >= 4 is 0 Å². The molecule has 1 saturated carbocycles. The van der Waals surface area contributed by atoms with E-state index in [1.165, 1.54) is 0 Å².